The quantitative estimate of drug-likeness (QED) is 0.668. The first-order valence-electron chi connectivity index (χ1n) is 6.46. The number of alkyl halides is 2. The van der Waals surface area contributed by atoms with Gasteiger partial charge >= 0.3 is 5.97 Å². The molecule has 0 spiro atoms. The predicted octanol–water partition coefficient (Wildman–Crippen LogP) is 3.87. The van der Waals surface area contributed by atoms with E-state index in [1.807, 2.05) is 26.0 Å². The van der Waals surface area contributed by atoms with Crippen molar-refractivity contribution in [2.24, 2.45) is 0 Å². The molecule has 0 unspecified atom stereocenters. The van der Waals surface area contributed by atoms with Gasteiger partial charge < -0.3 is 5.11 Å². The molecule has 1 N–H and O–H groups in total. The molecular weight excluding hydrogens is 310 g/mol. The van der Waals surface area contributed by atoms with E-state index in [1.165, 1.54) is 6.07 Å². The van der Waals surface area contributed by atoms with Crippen LogP contribution in [-0.4, -0.2) is 26.8 Å². The van der Waals surface area contributed by atoms with Crippen LogP contribution in [-0.2, 0) is 4.79 Å². The zero-order valence-corrected chi connectivity index (χ0v) is 12.8. The lowest BCUT2D eigenvalue weighted by Gasteiger charge is -2.09. The maximum Gasteiger partial charge on any atom is 0.313 e. The van der Waals surface area contributed by atoms with E-state index in [-0.39, 0.29) is 10.9 Å². The fraction of sp³-hybridized carbons (Fsp3) is 0.267. The monoisotopic (exact) mass is 324 g/mol. The van der Waals surface area contributed by atoms with Gasteiger partial charge in [0.1, 0.15) is 5.69 Å². The second-order valence-electron chi connectivity index (χ2n) is 4.74. The standard InChI is InChI=1S/C15H14F2N2O2S/c1-8-3-4-10(5-9(8)2)11-6-12(14(16)17)19-15(18-11)22-7-13(20)21/h3-6,14H,7H2,1-2H3,(H,20,21). The third-order valence-electron chi connectivity index (χ3n) is 3.08. The highest BCUT2D eigenvalue weighted by Gasteiger charge is 2.15. The zero-order valence-electron chi connectivity index (χ0n) is 12.0. The maximum absolute atomic E-state index is 13.0. The van der Waals surface area contributed by atoms with Gasteiger partial charge in [0.15, 0.2) is 5.16 Å². The molecule has 4 nitrogen and oxygen atoms in total. The van der Waals surface area contributed by atoms with Crippen molar-refractivity contribution in [3.05, 3.63) is 41.1 Å². The highest BCUT2D eigenvalue weighted by atomic mass is 32.2. The Morgan fingerprint density at radius 1 is 1.23 bits per heavy atom. The molecule has 7 heteroatoms. The van der Waals surface area contributed by atoms with E-state index in [4.69, 9.17) is 5.11 Å². The van der Waals surface area contributed by atoms with Gasteiger partial charge in [0, 0.05) is 5.56 Å². The van der Waals surface area contributed by atoms with Crippen molar-refractivity contribution >= 4 is 17.7 Å². The molecule has 1 aromatic carbocycles. The summed E-state index contributed by atoms with van der Waals surface area (Å²) in [5.41, 5.74) is 2.77. The summed E-state index contributed by atoms with van der Waals surface area (Å²) >= 11 is 0.821. The number of halogens is 2. The molecule has 2 rings (SSSR count). The van der Waals surface area contributed by atoms with Crippen LogP contribution in [0.4, 0.5) is 8.78 Å². The van der Waals surface area contributed by atoms with Crippen molar-refractivity contribution in [2.45, 2.75) is 25.4 Å². The van der Waals surface area contributed by atoms with E-state index in [0.29, 0.717) is 11.3 Å². The molecule has 0 bridgehead atoms. The summed E-state index contributed by atoms with van der Waals surface area (Å²) < 4.78 is 25.9. The minimum absolute atomic E-state index is 0.0356. The largest absolute Gasteiger partial charge is 0.481 e. The molecule has 0 saturated heterocycles. The summed E-state index contributed by atoms with van der Waals surface area (Å²) in [6, 6.07) is 6.78. The molecule has 0 amide bonds. The Kier molecular flexibility index (Phi) is 5.07. The third-order valence-corrected chi connectivity index (χ3v) is 3.91. The molecule has 0 fully saturated rings. The van der Waals surface area contributed by atoms with E-state index >= 15 is 0 Å². The molecular formula is C15H14F2N2O2S. The van der Waals surface area contributed by atoms with Gasteiger partial charge in [-0.3, -0.25) is 4.79 Å². The lowest BCUT2D eigenvalue weighted by molar-refractivity contribution is -0.133. The lowest BCUT2D eigenvalue weighted by atomic mass is 10.0. The van der Waals surface area contributed by atoms with Crippen molar-refractivity contribution in [3.63, 3.8) is 0 Å². The first kappa shape index (κ1) is 16.4. The fourth-order valence-corrected chi connectivity index (χ4v) is 2.38. The number of aromatic nitrogens is 2. The maximum atomic E-state index is 13.0. The second kappa shape index (κ2) is 6.83. The Bertz CT molecular complexity index is 708. The number of thioether (sulfide) groups is 1. The molecule has 0 aliphatic rings. The summed E-state index contributed by atoms with van der Waals surface area (Å²) in [5.74, 6) is -1.33. The molecule has 2 aromatic rings. The van der Waals surface area contributed by atoms with Gasteiger partial charge in [0.2, 0.25) is 0 Å². The third kappa shape index (κ3) is 4.00. The average molecular weight is 324 g/mol. The molecule has 1 aromatic heterocycles. The fourth-order valence-electron chi connectivity index (χ4n) is 1.79. The molecule has 0 atom stereocenters. The molecule has 1 heterocycles. The van der Waals surface area contributed by atoms with Crippen LogP contribution in [0.1, 0.15) is 23.2 Å². The molecule has 0 aliphatic carbocycles. The number of carboxylic acids is 1. The highest BCUT2D eigenvalue weighted by Crippen LogP contribution is 2.27. The van der Waals surface area contributed by atoms with Crippen molar-refractivity contribution < 1.29 is 18.7 Å². The van der Waals surface area contributed by atoms with Gasteiger partial charge in [-0.05, 0) is 37.1 Å². The Hall–Kier alpha value is -2.02. The van der Waals surface area contributed by atoms with Crippen LogP contribution in [0.3, 0.4) is 0 Å². The number of hydrogen-bond donors (Lipinski definition) is 1. The SMILES string of the molecule is Cc1ccc(-c2cc(C(F)F)nc(SCC(=O)O)n2)cc1C. The van der Waals surface area contributed by atoms with Crippen LogP contribution in [0.5, 0.6) is 0 Å². The Labute approximate surface area is 130 Å². The number of aliphatic carboxylic acids is 1. The summed E-state index contributed by atoms with van der Waals surface area (Å²) in [6.07, 6.45) is -2.74. The van der Waals surface area contributed by atoms with Gasteiger partial charge in [-0.2, -0.15) is 0 Å². The predicted molar refractivity (Wildman–Crippen MR) is 80.3 cm³/mol. The van der Waals surface area contributed by atoms with E-state index in [9.17, 15) is 13.6 Å². The summed E-state index contributed by atoms with van der Waals surface area (Å²) in [4.78, 5) is 18.5. The minimum atomic E-state index is -2.74. The number of hydrogen-bond acceptors (Lipinski definition) is 4. The molecule has 0 saturated carbocycles. The molecule has 0 radical (unpaired) electrons. The van der Waals surface area contributed by atoms with Crippen LogP contribution < -0.4 is 0 Å². The molecule has 0 aliphatic heterocycles. The van der Waals surface area contributed by atoms with Crippen molar-refractivity contribution in [2.75, 3.05) is 5.75 Å². The Morgan fingerprint density at radius 3 is 2.55 bits per heavy atom. The van der Waals surface area contributed by atoms with E-state index < -0.39 is 18.1 Å². The van der Waals surface area contributed by atoms with Gasteiger partial charge in [-0.1, -0.05) is 23.9 Å². The zero-order chi connectivity index (χ0) is 16.3. The van der Waals surface area contributed by atoms with Crippen LogP contribution in [0.25, 0.3) is 11.3 Å². The van der Waals surface area contributed by atoms with E-state index in [1.54, 1.807) is 6.07 Å². The van der Waals surface area contributed by atoms with Gasteiger partial charge in [-0.25, -0.2) is 18.7 Å². The summed E-state index contributed by atoms with van der Waals surface area (Å²) in [5, 5.41) is 8.72. The molecule has 22 heavy (non-hydrogen) atoms. The second-order valence-corrected chi connectivity index (χ2v) is 5.69. The van der Waals surface area contributed by atoms with Gasteiger partial charge in [0.05, 0.1) is 11.4 Å². The van der Waals surface area contributed by atoms with Crippen LogP contribution in [0.15, 0.2) is 29.4 Å². The number of rotatable bonds is 5. The average Bonchev–Trinajstić information content (AvgIpc) is 2.47. The van der Waals surface area contributed by atoms with Crippen LogP contribution in [0, 0.1) is 13.8 Å². The Morgan fingerprint density at radius 2 is 1.95 bits per heavy atom. The number of aryl methyl sites for hydroxylation is 2. The first-order chi connectivity index (χ1) is 10.4. The topological polar surface area (TPSA) is 63.1 Å². The van der Waals surface area contributed by atoms with Crippen molar-refractivity contribution in [3.8, 4) is 11.3 Å². The minimum Gasteiger partial charge on any atom is -0.481 e. The van der Waals surface area contributed by atoms with E-state index in [2.05, 4.69) is 9.97 Å². The number of carbonyl (C=O) groups is 1. The van der Waals surface area contributed by atoms with E-state index in [0.717, 1.165) is 22.9 Å². The van der Waals surface area contributed by atoms with Gasteiger partial charge in [0.25, 0.3) is 6.43 Å². The summed E-state index contributed by atoms with van der Waals surface area (Å²) in [7, 11) is 0. The van der Waals surface area contributed by atoms with Crippen molar-refractivity contribution in [1.82, 2.24) is 9.97 Å². The molecule has 116 valence electrons. The van der Waals surface area contributed by atoms with Crippen molar-refractivity contribution in [1.29, 1.82) is 0 Å². The smallest absolute Gasteiger partial charge is 0.313 e. The van der Waals surface area contributed by atoms with Crippen LogP contribution >= 0.6 is 11.8 Å². The van der Waals surface area contributed by atoms with Crippen LogP contribution in [0.2, 0.25) is 0 Å². The number of nitrogens with zero attached hydrogens (tertiary/aromatic N) is 2. The first-order valence-corrected chi connectivity index (χ1v) is 7.44. The summed E-state index contributed by atoms with van der Waals surface area (Å²) in [6.45, 7) is 3.88. The normalized spacial score (nSPS) is 11.0. The highest BCUT2D eigenvalue weighted by molar-refractivity contribution is 7.99. The van der Waals surface area contributed by atoms with Gasteiger partial charge in [-0.15, -0.1) is 0 Å². The lowest BCUT2D eigenvalue weighted by Crippen LogP contribution is -2.02. The number of carboxylic acid groups (broad SMARTS) is 1. The number of benzene rings is 1. The Balaban J connectivity index is 2.44.